The highest BCUT2D eigenvalue weighted by Crippen LogP contribution is 2.34. The van der Waals surface area contributed by atoms with Crippen molar-refractivity contribution in [3.8, 4) is 11.5 Å². The quantitative estimate of drug-likeness (QED) is 0.726. The monoisotopic (exact) mass is 345 g/mol. The molecule has 0 saturated carbocycles. The van der Waals surface area contributed by atoms with E-state index in [4.69, 9.17) is 4.42 Å². The predicted molar refractivity (Wildman–Crippen MR) is 89.2 cm³/mol. The summed E-state index contributed by atoms with van der Waals surface area (Å²) in [5.74, 6) is -0.616. The number of halogens is 1. The molecule has 0 N–H and O–H groups in total. The van der Waals surface area contributed by atoms with Crippen molar-refractivity contribution in [3.63, 3.8) is 0 Å². The molecule has 0 aliphatic carbocycles. The largest absolute Gasteiger partial charge is 0.438 e. The number of rotatable bonds is 4. The van der Waals surface area contributed by atoms with E-state index >= 15 is 0 Å². The molecule has 1 fully saturated rings. The Bertz CT molecular complexity index is 870. The average Bonchev–Trinajstić information content (AvgIpc) is 3.30. The van der Waals surface area contributed by atoms with Gasteiger partial charge in [-0.15, -0.1) is 16.4 Å². The molecule has 0 radical (unpaired) electrons. The zero-order chi connectivity index (χ0) is 16.5. The second-order valence-corrected chi connectivity index (χ2v) is 6.79. The third-order valence-electron chi connectivity index (χ3n) is 4.25. The summed E-state index contributed by atoms with van der Waals surface area (Å²) in [6.07, 6.45) is 2.18. The highest BCUT2D eigenvalue weighted by atomic mass is 32.1. The summed E-state index contributed by atoms with van der Waals surface area (Å²) in [5, 5.41) is 6.34. The van der Waals surface area contributed by atoms with Crippen molar-refractivity contribution in [1.29, 1.82) is 0 Å². The lowest BCUT2D eigenvalue weighted by Gasteiger charge is -2.22. The first-order valence-electron chi connectivity index (χ1n) is 7.82. The second kappa shape index (κ2) is 6.33. The molecule has 1 unspecified atom stereocenters. The molecule has 1 saturated heterocycles. The summed E-state index contributed by atoms with van der Waals surface area (Å²) in [6, 6.07) is 10.2. The summed E-state index contributed by atoms with van der Waals surface area (Å²) >= 11 is 1.73. The Morgan fingerprint density at radius 2 is 2.12 bits per heavy atom. The molecule has 5 nitrogen and oxygen atoms in total. The Morgan fingerprint density at radius 1 is 1.29 bits per heavy atom. The van der Waals surface area contributed by atoms with Crippen molar-refractivity contribution >= 4 is 11.3 Å². The Hall–Kier alpha value is -2.25. The first-order chi connectivity index (χ1) is 11.7. The van der Waals surface area contributed by atoms with E-state index in [0.717, 1.165) is 19.4 Å². The van der Waals surface area contributed by atoms with Gasteiger partial charge in [0.1, 0.15) is 12.5 Å². The highest BCUT2D eigenvalue weighted by Gasteiger charge is 2.28. The Kier molecular flexibility index (Phi) is 4.03. The van der Waals surface area contributed by atoms with Gasteiger partial charge < -0.3 is 4.42 Å². The molecular formula is C17H16FN3O2S. The van der Waals surface area contributed by atoms with Crippen LogP contribution in [0.25, 0.3) is 11.5 Å². The first kappa shape index (κ1) is 15.3. The van der Waals surface area contributed by atoms with Crippen LogP contribution in [0.3, 0.4) is 0 Å². The smallest absolute Gasteiger partial charge is 0.388 e. The molecule has 7 heteroatoms. The molecular weight excluding hydrogens is 329 g/mol. The van der Waals surface area contributed by atoms with Gasteiger partial charge in [-0.2, -0.15) is 4.68 Å². The topological polar surface area (TPSA) is 51.3 Å². The van der Waals surface area contributed by atoms with E-state index in [0.29, 0.717) is 18.3 Å². The molecule has 4 rings (SSSR count). The molecule has 1 aliphatic rings. The van der Waals surface area contributed by atoms with Gasteiger partial charge in [-0.25, -0.2) is 9.18 Å². The number of likely N-dealkylation sites (tertiary alicyclic amines) is 1. The molecule has 0 bridgehead atoms. The third-order valence-corrected chi connectivity index (χ3v) is 5.22. The fourth-order valence-electron chi connectivity index (χ4n) is 3.08. The van der Waals surface area contributed by atoms with Gasteiger partial charge in [0, 0.05) is 23.0 Å². The minimum absolute atomic E-state index is 0.215. The van der Waals surface area contributed by atoms with Gasteiger partial charge in [0.25, 0.3) is 0 Å². The van der Waals surface area contributed by atoms with E-state index in [9.17, 15) is 9.18 Å². The van der Waals surface area contributed by atoms with Gasteiger partial charge in [-0.1, -0.05) is 6.07 Å². The average molecular weight is 345 g/mol. The van der Waals surface area contributed by atoms with Crippen LogP contribution in [0.2, 0.25) is 0 Å². The molecule has 1 aromatic carbocycles. The van der Waals surface area contributed by atoms with Gasteiger partial charge in [0.05, 0.1) is 0 Å². The number of thiophene rings is 1. The minimum Gasteiger partial charge on any atom is -0.388 e. The maximum Gasteiger partial charge on any atom is 0.438 e. The number of aromatic nitrogens is 2. The van der Waals surface area contributed by atoms with Crippen molar-refractivity contribution in [1.82, 2.24) is 14.7 Å². The molecule has 24 heavy (non-hydrogen) atoms. The Morgan fingerprint density at radius 3 is 2.88 bits per heavy atom. The summed E-state index contributed by atoms with van der Waals surface area (Å²) < 4.78 is 19.6. The zero-order valence-corrected chi connectivity index (χ0v) is 13.7. The van der Waals surface area contributed by atoms with Crippen LogP contribution in [-0.4, -0.2) is 21.2 Å². The maximum atomic E-state index is 13.0. The minimum atomic E-state index is -0.494. The van der Waals surface area contributed by atoms with Crippen LogP contribution in [0, 0.1) is 5.82 Å². The van der Waals surface area contributed by atoms with Crippen molar-refractivity contribution in [2.45, 2.75) is 25.6 Å². The lowest BCUT2D eigenvalue weighted by molar-refractivity contribution is 0.187. The highest BCUT2D eigenvalue weighted by molar-refractivity contribution is 7.10. The SMILES string of the molecule is O=c1oc(-c2ccc(F)cc2)nn1CN1CCCC1c1cccs1. The molecule has 0 spiro atoms. The summed E-state index contributed by atoms with van der Waals surface area (Å²) in [4.78, 5) is 15.6. The zero-order valence-electron chi connectivity index (χ0n) is 12.9. The number of hydrogen-bond donors (Lipinski definition) is 0. The van der Waals surface area contributed by atoms with Crippen LogP contribution in [0.15, 0.2) is 51.0 Å². The van der Waals surface area contributed by atoms with Gasteiger partial charge >= 0.3 is 5.76 Å². The van der Waals surface area contributed by atoms with E-state index in [1.165, 1.54) is 21.7 Å². The van der Waals surface area contributed by atoms with Crippen LogP contribution in [-0.2, 0) is 6.67 Å². The van der Waals surface area contributed by atoms with Crippen LogP contribution >= 0.6 is 11.3 Å². The molecule has 1 aliphatic heterocycles. The van der Waals surface area contributed by atoms with E-state index < -0.39 is 5.76 Å². The lowest BCUT2D eigenvalue weighted by Crippen LogP contribution is -2.30. The fraction of sp³-hybridized carbons (Fsp3) is 0.294. The van der Waals surface area contributed by atoms with Crippen LogP contribution in [0.4, 0.5) is 4.39 Å². The predicted octanol–water partition coefficient (Wildman–Crippen LogP) is 3.50. The van der Waals surface area contributed by atoms with E-state index in [1.54, 1.807) is 23.5 Å². The number of nitrogens with zero attached hydrogens (tertiary/aromatic N) is 3. The van der Waals surface area contributed by atoms with Gasteiger partial charge in [0.15, 0.2) is 0 Å². The van der Waals surface area contributed by atoms with Gasteiger partial charge in [-0.05, 0) is 48.6 Å². The maximum absolute atomic E-state index is 13.0. The molecule has 3 aromatic rings. The molecule has 1 atom stereocenters. The number of hydrogen-bond acceptors (Lipinski definition) is 5. The van der Waals surface area contributed by atoms with Crippen molar-refractivity contribution in [2.24, 2.45) is 0 Å². The Labute approximate surface area is 142 Å². The van der Waals surface area contributed by atoms with Crippen LogP contribution < -0.4 is 5.76 Å². The van der Waals surface area contributed by atoms with E-state index in [2.05, 4.69) is 21.4 Å². The van der Waals surface area contributed by atoms with E-state index in [1.807, 2.05) is 6.07 Å². The summed E-state index contributed by atoms with van der Waals surface area (Å²) in [5.41, 5.74) is 0.587. The summed E-state index contributed by atoms with van der Waals surface area (Å²) in [6.45, 7) is 1.32. The normalized spacial score (nSPS) is 18.3. The molecule has 2 aromatic heterocycles. The molecule has 3 heterocycles. The fourth-order valence-corrected chi connectivity index (χ4v) is 3.97. The van der Waals surface area contributed by atoms with Crippen molar-refractivity contribution in [2.75, 3.05) is 6.54 Å². The van der Waals surface area contributed by atoms with Gasteiger partial charge in [0.2, 0.25) is 5.89 Å². The number of benzene rings is 1. The van der Waals surface area contributed by atoms with Crippen LogP contribution in [0.1, 0.15) is 23.8 Å². The van der Waals surface area contributed by atoms with Crippen molar-refractivity contribution in [3.05, 3.63) is 63.0 Å². The second-order valence-electron chi connectivity index (χ2n) is 5.81. The van der Waals surface area contributed by atoms with E-state index in [-0.39, 0.29) is 11.7 Å². The standard InChI is InChI=1S/C17H16FN3O2S/c18-13-7-5-12(6-8-13)16-19-21(17(22)23-16)11-20-9-1-3-14(20)15-4-2-10-24-15/h2,4-8,10,14H,1,3,9,11H2. The first-order valence-corrected chi connectivity index (χ1v) is 8.70. The lowest BCUT2D eigenvalue weighted by atomic mass is 10.2. The molecule has 124 valence electrons. The molecule has 0 amide bonds. The Balaban J connectivity index is 1.57. The summed E-state index contributed by atoms with van der Waals surface area (Å²) in [7, 11) is 0. The third kappa shape index (κ3) is 2.92. The van der Waals surface area contributed by atoms with Crippen molar-refractivity contribution < 1.29 is 8.81 Å². The van der Waals surface area contributed by atoms with Gasteiger partial charge in [-0.3, -0.25) is 4.90 Å². The van der Waals surface area contributed by atoms with Crippen LogP contribution in [0.5, 0.6) is 0 Å².